The first-order valence-electron chi connectivity index (χ1n) is 5.62. The maximum atomic E-state index is 6.01. The molecule has 17 heavy (non-hydrogen) atoms. The molecule has 0 radical (unpaired) electrons. The van der Waals surface area contributed by atoms with Crippen molar-refractivity contribution in [1.29, 1.82) is 0 Å². The summed E-state index contributed by atoms with van der Waals surface area (Å²) in [4.78, 5) is 4.23. The Morgan fingerprint density at radius 3 is 2.71 bits per heavy atom. The van der Waals surface area contributed by atoms with Gasteiger partial charge in [0.05, 0.1) is 17.3 Å². The average Bonchev–Trinajstić information content (AvgIpc) is 2.25. The number of nitrogens with zero attached hydrogens (tertiary/aromatic N) is 1. The van der Waals surface area contributed by atoms with Gasteiger partial charge in [-0.05, 0) is 24.0 Å². The second kappa shape index (κ2) is 6.19. The highest BCUT2D eigenvalue weighted by Gasteiger charge is 2.10. The maximum absolute atomic E-state index is 6.01. The third kappa shape index (κ3) is 5.35. The number of rotatable bonds is 5. The molecule has 4 nitrogen and oxygen atoms in total. The van der Waals surface area contributed by atoms with Crippen LogP contribution in [0.4, 0.5) is 5.82 Å². The Morgan fingerprint density at radius 2 is 2.12 bits per heavy atom. The first-order chi connectivity index (χ1) is 7.92. The van der Waals surface area contributed by atoms with Crippen LogP contribution in [0.2, 0.25) is 5.02 Å². The third-order valence-corrected chi connectivity index (χ3v) is 2.65. The topological polar surface area (TPSA) is 60.2 Å². The van der Waals surface area contributed by atoms with Crippen LogP contribution >= 0.6 is 11.6 Å². The molecule has 0 bridgehead atoms. The van der Waals surface area contributed by atoms with Crippen LogP contribution < -0.4 is 11.3 Å². The predicted octanol–water partition coefficient (Wildman–Crippen LogP) is 2.97. The highest BCUT2D eigenvalue weighted by molar-refractivity contribution is 6.31. The van der Waals surface area contributed by atoms with E-state index in [1.165, 1.54) is 0 Å². The molecule has 1 rings (SSSR count). The lowest BCUT2D eigenvalue weighted by molar-refractivity contribution is 0.0942. The van der Waals surface area contributed by atoms with Crippen molar-refractivity contribution in [3.8, 4) is 0 Å². The zero-order valence-corrected chi connectivity index (χ0v) is 11.3. The van der Waals surface area contributed by atoms with E-state index < -0.39 is 0 Å². The normalized spacial score (nSPS) is 11.6. The molecule has 0 atom stereocenters. The van der Waals surface area contributed by atoms with Gasteiger partial charge in [0.1, 0.15) is 5.82 Å². The van der Waals surface area contributed by atoms with Crippen LogP contribution in [0.3, 0.4) is 0 Å². The maximum Gasteiger partial charge on any atom is 0.140 e. The number of ether oxygens (including phenoxy) is 1. The average molecular weight is 258 g/mol. The van der Waals surface area contributed by atoms with E-state index in [0.29, 0.717) is 29.7 Å². The Kier molecular flexibility index (Phi) is 5.18. The predicted molar refractivity (Wildman–Crippen MR) is 70.8 cm³/mol. The van der Waals surface area contributed by atoms with E-state index in [-0.39, 0.29) is 5.41 Å². The fourth-order valence-corrected chi connectivity index (χ4v) is 1.37. The van der Waals surface area contributed by atoms with Crippen LogP contribution in [0.15, 0.2) is 12.1 Å². The molecule has 0 aromatic carbocycles. The second-order valence-corrected chi connectivity index (χ2v) is 5.54. The Labute approximate surface area is 107 Å². The summed E-state index contributed by atoms with van der Waals surface area (Å²) >= 11 is 6.01. The second-order valence-electron chi connectivity index (χ2n) is 5.13. The number of hydrazine groups is 1. The van der Waals surface area contributed by atoms with E-state index in [1.807, 2.05) is 0 Å². The van der Waals surface area contributed by atoms with Gasteiger partial charge in [-0.3, -0.25) is 0 Å². The molecule has 0 unspecified atom stereocenters. The molecule has 3 N–H and O–H groups in total. The lowest BCUT2D eigenvalue weighted by Crippen LogP contribution is -2.11. The van der Waals surface area contributed by atoms with E-state index in [1.54, 1.807) is 12.1 Å². The first-order valence-corrected chi connectivity index (χ1v) is 6.00. The summed E-state index contributed by atoms with van der Waals surface area (Å²) in [5, 5.41) is 0.597. The monoisotopic (exact) mass is 257 g/mol. The molecular weight excluding hydrogens is 238 g/mol. The smallest absolute Gasteiger partial charge is 0.140 e. The van der Waals surface area contributed by atoms with Crippen molar-refractivity contribution in [2.24, 2.45) is 11.3 Å². The number of nitrogen functional groups attached to an aromatic ring is 1. The van der Waals surface area contributed by atoms with Crippen molar-refractivity contribution < 1.29 is 4.74 Å². The third-order valence-electron chi connectivity index (χ3n) is 2.30. The van der Waals surface area contributed by atoms with E-state index in [9.17, 15) is 0 Å². The van der Waals surface area contributed by atoms with Gasteiger partial charge in [0.25, 0.3) is 0 Å². The van der Waals surface area contributed by atoms with Crippen molar-refractivity contribution in [3.05, 3.63) is 22.8 Å². The molecule has 0 saturated carbocycles. The first kappa shape index (κ1) is 14.2. The fraction of sp³-hybridized carbons (Fsp3) is 0.583. The van der Waals surface area contributed by atoms with Crippen LogP contribution in [-0.2, 0) is 11.3 Å². The summed E-state index contributed by atoms with van der Waals surface area (Å²) in [6.45, 7) is 7.65. The Hall–Kier alpha value is -0.840. The number of nitrogens with two attached hydrogens (primary N) is 1. The van der Waals surface area contributed by atoms with Gasteiger partial charge in [0.15, 0.2) is 0 Å². The van der Waals surface area contributed by atoms with Crippen LogP contribution in [0.25, 0.3) is 0 Å². The van der Waals surface area contributed by atoms with Gasteiger partial charge in [-0.15, -0.1) is 0 Å². The van der Waals surface area contributed by atoms with Gasteiger partial charge in [-0.25, -0.2) is 10.8 Å². The van der Waals surface area contributed by atoms with Gasteiger partial charge >= 0.3 is 0 Å². The van der Waals surface area contributed by atoms with Crippen molar-refractivity contribution >= 4 is 17.4 Å². The molecule has 1 aromatic heterocycles. The van der Waals surface area contributed by atoms with Crippen LogP contribution in [0, 0.1) is 5.41 Å². The number of hydrogen-bond acceptors (Lipinski definition) is 4. The fourth-order valence-electron chi connectivity index (χ4n) is 1.21. The van der Waals surface area contributed by atoms with Gasteiger partial charge < -0.3 is 10.2 Å². The Morgan fingerprint density at radius 1 is 1.41 bits per heavy atom. The molecular formula is C12H20ClN3O. The molecule has 0 saturated heterocycles. The molecule has 0 aliphatic heterocycles. The summed E-state index contributed by atoms with van der Waals surface area (Å²) in [5.74, 6) is 5.87. The Bertz CT molecular complexity index is 363. The van der Waals surface area contributed by atoms with E-state index in [4.69, 9.17) is 22.2 Å². The van der Waals surface area contributed by atoms with Crippen molar-refractivity contribution in [3.63, 3.8) is 0 Å². The number of anilines is 1. The summed E-state index contributed by atoms with van der Waals surface area (Å²) in [6.07, 6.45) is 0.999. The van der Waals surface area contributed by atoms with Gasteiger partial charge in [-0.1, -0.05) is 32.4 Å². The largest absolute Gasteiger partial charge is 0.375 e. The standard InChI is InChI=1S/C12H20ClN3O/c1-12(2,3)6-7-17-8-10-9(13)4-5-11(15-10)16-14/h4-5H,6-8,14H2,1-3H3,(H,15,16). The minimum absolute atomic E-state index is 0.276. The van der Waals surface area contributed by atoms with Crippen molar-refractivity contribution in [2.45, 2.75) is 33.8 Å². The summed E-state index contributed by atoms with van der Waals surface area (Å²) in [6, 6.07) is 3.48. The Balaban J connectivity index is 2.46. The molecule has 0 amide bonds. The van der Waals surface area contributed by atoms with Crippen LogP contribution in [0.1, 0.15) is 32.9 Å². The molecule has 1 aromatic rings. The van der Waals surface area contributed by atoms with Crippen molar-refractivity contribution in [2.75, 3.05) is 12.0 Å². The number of aromatic nitrogens is 1. The summed E-state index contributed by atoms with van der Waals surface area (Å²) in [5.41, 5.74) is 3.46. The minimum atomic E-state index is 0.276. The molecule has 0 spiro atoms. The van der Waals surface area contributed by atoms with Crippen molar-refractivity contribution in [1.82, 2.24) is 4.98 Å². The van der Waals surface area contributed by atoms with E-state index in [2.05, 4.69) is 31.2 Å². The quantitative estimate of drug-likeness (QED) is 0.484. The van der Waals surface area contributed by atoms with E-state index >= 15 is 0 Å². The molecule has 5 heteroatoms. The van der Waals surface area contributed by atoms with Gasteiger partial charge in [0.2, 0.25) is 0 Å². The number of nitrogens with one attached hydrogen (secondary N) is 1. The SMILES string of the molecule is CC(C)(C)CCOCc1nc(NN)ccc1Cl. The summed E-state index contributed by atoms with van der Waals surface area (Å²) in [7, 11) is 0. The highest BCUT2D eigenvalue weighted by atomic mass is 35.5. The minimum Gasteiger partial charge on any atom is -0.375 e. The molecule has 0 fully saturated rings. The van der Waals surface area contributed by atoms with Gasteiger partial charge in [0, 0.05) is 6.61 Å². The zero-order valence-electron chi connectivity index (χ0n) is 10.6. The number of pyridine rings is 1. The zero-order chi connectivity index (χ0) is 12.9. The number of halogens is 1. The summed E-state index contributed by atoms with van der Waals surface area (Å²) < 4.78 is 5.56. The van der Waals surface area contributed by atoms with Crippen LogP contribution in [0.5, 0.6) is 0 Å². The molecule has 0 aliphatic rings. The van der Waals surface area contributed by atoms with Crippen LogP contribution in [-0.4, -0.2) is 11.6 Å². The highest BCUT2D eigenvalue weighted by Crippen LogP contribution is 2.20. The molecule has 0 aliphatic carbocycles. The molecule has 96 valence electrons. The lowest BCUT2D eigenvalue weighted by Gasteiger charge is -2.17. The van der Waals surface area contributed by atoms with E-state index in [0.717, 1.165) is 6.42 Å². The van der Waals surface area contributed by atoms with Gasteiger partial charge in [-0.2, -0.15) is 0 Å². The lowest BCUT2D eigenvalue weighted by atomic mass is 9.93. The molecule has 1 heterocycles. The number of hydrogen-bond donors (Lipinski definition) is 2.